The molecule has 3 aromatic rings. The molecule has 1 amide bonds. The Kier molecular flexibility index (Phi) is 7.58. The van der Waals surface area contributed by atoms with Crippen LogP contribution < -0.4 is 4.80 Å². The number of sulfonamides is 1. The molecule has 1 aliphatic rings. The first kappa shape index (κ1) is 25.1. The van der Waals surface area contributed by atoms with Crippen LogP contribution in [-0.2, 0) is 37.3 Å². The fourth-order valence-electron chi connectivity index (χ4n) is 3.93. The maximum absolute atomic E-state index is 13.4. The normalized spacial score (nSPS) is 17.9. The molecule has 0 bridgehead atoms. The standard InChI is InChI=1S/C22H24ClN3O5S3/c1-3-14-7-8-15-17(12-14)32-22(25(15)13-19(27)31-2)24-21(28)16-6-4-5-11-26(16)34(29,30)20-10-9-18(23)33-20/h7-10,12,16H,3-6,11,13H2,1-2H3. The highest BCUT2D eigenvalue weighted by Crippen LogP contribution is 2.32. The second kappa shape index (κ2) is 10.3. The molecule has 8 nitrogen and oxygen atoms in total. The molecule has 1 unspecified atom stereocenters. The van der Waals surface area contributed by atoms with Gasteiger partial charge >= 0.3 is 5.97 Å². The molecule has 182 valence electrons. The van der Waals surface area contributed by atoms with Gasteiger partial charge < -0.3 is 9.30 Å². The molecule has 4 rings (SSSR count). The maximum Gasteiger partial charge on any atom is 0.325 e. The van der Waals surface area contributed by atoms with Gasteiger partial charge in [0.25, 0.3) is 15.9 Å². The predicted molar refractivity (Wildman–Crippen MR) is 133 cm³/mol. The number of hydrogen-bond donors (Lipinski definition) is 0. The van der Waals surface area contributed by atoms with Crippen molar-refractivity contribution >= 4 is 66.4 Å². The number of ether oxygens (including phenoxy) is 1. The summed E-state index contributed by atoms with van der Waals surface area (Å²) in [4.78, 5) is 30.1. The van der Waals surface area contributed by atoms with Crippen molar-refractivity contribution in [2.24, 2.45) is 4.99 Å². The summed E-state index contributed by atoms with van der Waals surface area (Å²) in [5.74, 6) is -1.02. The van der Waals surface area contributed by atoms with Gasteiger partial charge in [-0.2, -0.15) is 9.30 Å². The van der Waals surface area contributed by atoms with E-state index in [0.29, 0.717) is 22.0 Å². The summed E-state index contributed by atoms with van der Waals surface area (Å²) in [6, 6.07) is 7.95. The van der Waals surface area contributed by atoms with E-state index in [1.807, 2.05) is 25.1 Å². The van der Waals surface area contributed by atoms with Crippen LogP contribution >= 0.6 is 34.3 Å². The number of halogens is 1. The van der Waals surface area contributed by atoms with E-state index in [1.54, 1.807) is 4.57 Å². The number of aromatic nitrogens is 1. The topological polar surface area (TPSA) is 98.0 Å². The van der Waals surface area contributed by atoms with Crippen LogP contribution in [0, 0.1) is 0 Å². The van der Waals surface area contributed by atoms with Gasteiger partial charge in [0.15, 0.2) is 4.80 Å². The molecular formula is C22H24ClN3O5S3. The lowest BCUT2D eigenvalue weighted by atomic mass is 10.0. The Balaban J connectivity index is 1.76. The zero-order valence-electron chi connectivity index (χ0n) is 18.7. The minimum Gasteiger partial charge on any atom is -0.468 e. The molecule has 0 aliphatic carbocycles. The third-order valence-corrected chi connectivity index (χ3v) is 10.4. The van der Waals surface area contributed by atoms with Crippen molar-refractivity contribution in [1.29, 1.82) is 0 Å². The van der Waals surface area contributed by atoms with Crippen molar-refractivity contribution < 1.29 is 22.7 Å². The van der Waals surface area contributed by atoms with Crippen LogP contribution in [0.1, 0.15) is 31.7 Å². The molecule has 0 radical (unpaired) electrons. The molecule has 12 heteroatoms. The van der Waals surface area contributed by atoms with Crippen molar-refractivity contribution in [2.45, 2.75) is 49.4 Å². The number of fused-ring (bicyclic) bond motifs is 1. The molecule has 2 aromatic heterocycles. The van der Waals surface area contributed by atoms with Crippen molar-refractivity contribution in [3.63, 3.8) is 0 Å². The van der Waals surface area contributed by atoms with E-state index in [9.17, 15) is 18.0 Å². The summed E-state index contributed by atoms with van der Waals surface area (Å²) in [5, 5.41) is 0. The minimum atomic E-state index is -3.89. The van der Waals surface area contributed by atoms with E-state index in [-0.39, 0.29) is 17.3 Å². The zero-order chi connectivity index (χ0) is 24.5. The van der Waals surface area contributed by atoms with Gasteiger partial charge in [-0.25, -0.2) is 8.42 Å². The Labute approximate surface area is 210 Å². The van der Waals surface area contributed by atoms with Gasteiger partial charge in [0, 0.05) is 6.54 Å². The van der Waals surface area contributed by atoms with Crippen molar-refractivity contribution in [3.05, 3.63) is 45.0 Å². The summed E-state index contributed by atoms with van der Waals surface area (Å²) >= 11 is 8.21. The van der Waals surface area contributed by atoms with E-state index in [2.05, 4.69) is 4.99 Å². The van der Waals surface area contributed by atoms with Crippen LogP contribution in [0.4, 0.5) is 0 Å². The van der Waals surface area contributed by atoms with E-state index < -0.39 is 27.9 Å². The van der Waals surface area contributed by atoms with Crippen LogP contribution in [-0.4, -0.2) is 48.9 Å². The number of thiophene rings is 1. The first-order chi connectivity index (χ1) is 16.2. The van der Waals surface area contributed by atoms with E-state index in [1.165, 1.54) is 34.9 Å². The number of benzene rings is 1. The van der Waals surface area contributed by atoms with E-state index in [4.69, 9.17) is 16.3 Å². The van der Waals surface area contributed by atoms with Gasteiger partial charge in [-0.15, -0.1) is 11.3 Å². The first-order valence-electron chi connectivity index (χ1n) is 10.8. The third kappa shape index (κ3) is 4.99. The zero-order valence-corrected chi connectivity index (χ0v) is 21.9. The molecule has 3 heterocycles. The van der Waals surface area contributed by atoms with Crippen LogP contribution in [0.15, 0.2) is 39.5 Å². The highest BCUT2D eigenvalue weighted by atomic mass is 35.5. The quantitative estimate of drug-likeness (QED) is 0.442. The van der Waals surface area contributed by atoms with Gasteiger partial charge in [0.2, 0.25) is 0 Å². The lowest BCUT2D eigenvalue weighted by Gasteiger charge is -2.31. The highest BCUT2D eigenvalue weighted by molar-refractivity contribution is 7.91. The molecule has 1 saturated heterocycles. The maximum atomic E-state index is 13.4. The third-order valence-electron chi connectivity index (χ3n) is 5.73. The number of carbonyl (C=O) groups is 2. The molecule has 34 heavy (non-hydrogen) atoms. The number of piperidine rings is 1. The van der Waals surface area contributed by atoms with Crippen molar-refractivity contribution in [3.8, 4) is 0 Å². The summed E-state index contributed by atoms with van der Waals surface area (Å²) in [7, 11) is -2.58. The molecule has 1 atom stereocenters. The fraction of sp³-hybridized carbons (Fsp3) is 0.409. The Morgan fingerprint density at radius 1 is 1.21 bits per heavy atom. The number of carbonyl (C=O) groups excluding carboxylic acids is 2. The van der Waals surface area contributed by atoms with Crippen molar-refractivity contribution in [1.82, 2.24) is 8.87 Å². The molecular weight excluding hydrogens is 518 g/mol. The Hall–Kier alpha value is -2.05. The number of aryl methyl sites for hydroxylation is 1. The van der Waals surface area contributed by atoms with Gasteiger partial charge in [-0.3, -0.25) is 9.59 Å². The largest absolute Gasteiger partial charge is 0.468 e. The van der Waals surface area contributed by atoms with Crippen molar-refractivity contribution in [2.75, 3.05) is 13.7 Å². The average molecular weight is 542 g/mol. The minimum absolute atomic E-state index is 0.103. The SMILES string of the molecule is CCc1ccc2c(c1)sc(=NC(=O)C1CCCCN1S(=O)(=O)c1ccc(Cl)s1)n2CC(=O)OC. The molecule has 1 aromatic carbocycles. The monoisotopic (exact) mass is 541 g/mol. The average Bonchev–Trinajstić information content (AvgIpc) is 3.42. The summed E-state index contributed by atoms with van der Waals surface area (Å²) in [6.07, 6.45) is 2.60. The number of hydrogen-bond acceptors (Lipinski definition) is 7. The lowest BCUT2D eigenvalue weighted by Crippen LogP contribution is -2.47. The molecule has 0 N–H and O–H groups in total. The lowest BCUT2D eigenvalue weighted by molar-refractivity contribution is -0.141. The van der Waals surface area contributed by atoms with Crippen LogP contribution in [0.5, 0.6) is 0 Å². The van der Waals surface area contributed by atoms with E-state index in [0.717, 1.165) is 40.0 Å². The Morgan fingerprint density at radius 2 is 2.00 bits per heavy atom. The number of thiazole rings is 1. The molecule has 0 spiro atoms. The number of nitrogens with zero attached hydrogens (tertiary/aromatic N) is 3. The first-order valence-corrected chi connectivity index (χ1v) is 14.2. The Bertz CT molecular complexity index is 1410. The van der Waals surface area contributed by atoms with Gasteiger partial charge in [-0.1, -0.05) is 42.3 Å². The fourth-order valence-corrected chi connectivity index (χ4v) is 8.29. The van der Waals surface area contributed by atoms with Gasteiger partial charge in [0.1, 0.15) is 16.8 Å². The smallest absolute Gasteiger partial charge is 0.325 e. The van der Waals surface area contributed by atoms with Crippen LogP contribution in [0.2, 0.25) is 4.34 Å². The van der Waals surface area contributed by atoms with Crippen LogP contribution in [0.3, 0.4) is 0 Å². The molecule has 1 aliphatic heterocycles. The summed E-state index contributed by atoms with van der Waals surface area (Å²) < 4.78 is 35.6. The second-order valence-electron chi connectivity index (χ2n) is 7.84. The number of methoxy groups -OCH3 is 1. The Morgan fingerprint density at radius 3 is 2.68 bits per heavy atom. The molecule has 1 fully saturated rings. The molecule has 0 saturated carbocycles. The summed E-state index contributed by atoms with van der Waals surface area (Å²) in [5.41, 5.74) is 1.89. The summed E-state index contributed by atoms with van der Waals surface area (Å²) in [6.45, 7) is 2.18. The van der Waals surface area contributed by atoms with Gasteiger partial charge in [0.05, 0.1) is 21.7 Å². The number of rotatable bonds is 6. The van der Waals surface area contributed by atoms with Crippen LogP contribution in [0.25, 0.3) is 10.2 Å². The predicted octanol–water partition coefficient (Wildman–Crippen LogP) is 3.82. The number of esters is 1. The van der Waals surface area contributed by atoms with Gasteiger partial charge in [-0.05, 0) is 49.1 Å². The second-order valence-corrected chi connectivity index (χ2v) is 12.7. The number of amides is 1. The highest BCUT2D eigenvalue weighted by Gasteiger charge is 2.38. The van der Waals surface area contributed by atoms with E-state index >= 15 is 0 Å².